The van der Waals surface area contributed by atoms with E-state index in [2.05, 4.69) is 25.7 Å². The van der Waals surface area contributed by atoms with Crippen LogP contribution in [0.15, 0.2) is 42.9 Å². The summed E-state index contributed by atoms with van der Waals surface area (Å²) in [7, 11) is 0. The molecule has 0 atom stereocenters. The molecule has 0 aliphatic heterocycles. The highest BCUT2D eigenvalue weighted by Crippen LogP contribution is 2.15. The van der Waals surface area contributed by atoms with E-state index in [9.17, 15) is 0 Å². The minimum atomic E-state index is 0.0306. The fraction of sp³-hybridized carbons (Fsp3) is 0.214. The largest absolute Gasteiger partial charge is 0.394 e. The number of nitrogens with one attached hydrogen (secondary N) is 2. The fourth-order valence-electron chi connectivity index (χ4n) is 2.04. The van der Waals surface area contributed by atoms with Gasteiger partial charge in [-0.25, -0.2) is 19.6 Å². The topological polar surface area (TPSA) is 87.9 Å². The van der Waals surface area contributed by atoms with E-state index in [1.165, 1.54) is 6.33 Å². The standard InChI is InChI=1S/C14H16N6O/c21-7-6-18-20-13-12(9-15-10-17-13)19-14(20)16-8-11-4-2-1-3-5-11/h1-5,9-10,18,21H,6-8H2,(H,16,19). The minimum absolute atomic E-state index is 0.0306. The second-order valence-corrected chi connectivity index (χ2v) is 4.47. The quantitative estimate of drug-likeness (QED) is 0.625. The summed E-state index contributed by atoms with van der Waals surface area (Å²) in [6, 6.07) is 10.1. The first-order valence-electron chi connectivity index (χ1n) is 6.69. The highest BCUT2D eigenvalue weighted by Gasteiger charge is 2.11. The molecule has 0 saturated heterocycles. The third kappa shape index (κ3) is 2.92. The van der Waals surface area contributed by atoms with E-state index < -0.39 is 0 Å². The molecule has 0 unspecified atom stereocenters. The lowest BCUT2D eigenvalue weighted by Gasteiger charge is -2.11. The molecule has 0 aliphatic carbocycles. The van der Waals surface area contributed by atoms with Crippen molar-refractivity contribution in [2.45, 2.75) is 6.54 Å². The number of anilines is 1. The van der Waals surface area contributed by atoms with Crippen molar-refractivity contribution in [1.82, 2.24) is 19.6 Å². The molecule has 7 nitrogen and oxygen atoms in total. The number of hydrogen-bond acceptors (Lipinski definition) is 6. The van der Waals surface area contributed by atoms with Crippen LogP contribution in [0.1, 0.15) is 5.56 Å². The van der Waals surface area contributed by atoms with Crippen LogP contribution in [-0.2, 0) is 6.54 Å². The van der Waals surface area contributed by atoms with E-state index in [1.807, 2.05) is 30.3 Å². The first kappa shape index (κ1) is 13.3. The smallest absolute Gasteiger partial charge is 0.224 e. The minimum Gasteiger partial charge on any atom is -0.394 e. The first-order chi connectivity index (χ1) is 10.4. The zero-order valence-corrected chi connectivity index (χ0v) is 11.4. The van der Waals surface area contributed by atoms with Crippen molar-refractivity contribution >= 4 is 17.1 Å². The number of aliphatic hydroxyl groups excluding tert-OH is 1. The van der Waals surface area contributed by atoms with Crippen LogP contribution in [-0.4, -0.2) is 37.9 Å². The van der Waals surface area contributed by atoms with Crippen LogP contribution in [0.2, 0.25) is 0 Å². The Kier molecular flexibility index (Phi) is 3.92. The molecule has 0 amide bonds. The normalized spacial score (nSPS) is 10.7. The monoisotopic (exact) mass is 284 g/mol. The second-order valence-electron chi connectivity index (χ2n) is 4.47. The maximum absolute atomic E-state index is 8.99. The average Bonchev–Trinajstić information content (AvgIpc) is 2.89. The molecule has 2 aromatic heterocycles. The van der Waals surface area contributed by atoms with Gasteiger partial charge in [-0.15, -0.1) is 0 Å². The fourth-order valence-corrected chi connectivity index (χ4v) is 2.04. The molecule has 1 aromatic carbocycles. The Morgan fingerprint density at radius 2 is 2.05 bits per heavy atom. The number of imidazole rings is 1. The maximum Gasteiger partial charge on any atom is 0.224 e. The lowest BCUT2D eigenvalue weighted by atomic mass is 10.2. The summed E-state index contributed by atoms with van der Waals surface area (Å²) < 4.78 is 1.73. The number of rotatable bonds is 6. The molecule has 0 spiro atoms. The summed E-state index contributed by atoms with van der Waals surface area (Å²) in [6.45, 7) is 1.09. The predicted molar refractivity (Wildman–Crippen MR) is 80.4 cm³/mol. The van der Waals surface area contributed by atoms with E-state index in [4.69, 9.17) is 5.11 Å². The molecule has 0 bridgehead atoms. The van der Waals surface area contributed by atoms with Crippen molar-refractivity contribution in [3.63, 3.8) is 0 Å². The van der Waals surface area contributed by atoms with Gasteiger partial charge in [0.1, 0.15) is 11.8 Å². The number of nitrogens with zero attached hydrogens (tertiary/aromatic N) is 4. The maximum atomic E-state index is 8.99. The Hall–Kier alpha value is -2.67. The van der Waals surface area contributed by atoms with Gasteiger partial charge in [-0.2, -0.15) is 0 Å². The van der Waals surface area contributed by atoms with Gasteiger partial charge in [-0.05, 0) is 5.56 Å². The van der Waals surface area contributed by atoms with Gasteiger partial charge in [0.15, 0.2) is 5.65 Å². The summed E-state index contributed by atoms with van der Waals surface area (Å²) in [5.41, 5.74) is 5.60. The molecule has 21 heavy (non-hydrogen) atoms. The Morgan fingerprint density at radius 3 is 2.86 bits per heavy atom. The van der Waals surface area contributed by atoms with E-state index in [-0.39, 0.29) is 6.61 Å². The predicted octanol–water partition coefficient (Wildman–Crippen LogP) is 0.974. The zero-order chi connectivity index (χ0) is 14.5. The van der Waals surface area contributed by atoms with Crippen LogP contribution < -0.4 is 10.7 Å². The van der Waals surface area contributed by atoms with Gasteiger partial charge < -0.3 is 15.8 Å². The Bertz CT molecular complexity index is 712. The Morgan fingerprint density at radius 1 is 1.19 bits per heavy atom. The van der Waals surface area contributed by atoms with E-state index in [0.29, 0.717) is 30.2 Å². The molecule has 7 heteroatoms. The highest BCUT2D eigenvalue weighted by atomic mass is 16.3. The number of fused-ring (bicyclic) bond motifs is 1. The third-order valence-electron chi connectivity index (χ3n) is 3.00. The molecule has 0 aliphatic rings. The summed E-state index contributed by atoms with van der Waals surface area (Å²) in [5, 5.41) is 12.3. The summed E-state index contributed by atoms with van der Waals surface area (Å²) in [4.78, 5) is 12.7. The van der Waals surface area contributed by atoms with Crippen LogP contribution in [0.25, 0.3) is 11.2 Å². The second kappa shape index (κ2) is 6.19. The first-order valence-corrected chi connectivity index (χ1v) is 6.69. The van der Waals surface area contributed by atoms with Gasteiger partial charge in [0.2, 0.25) is 5.95 Å². The molecule has 0 fully saturated rings. The van der Waals surface area contributed by atoms with Crippen LogP contribution in [0, 0.1) is 0 Å². The van der Waals surface area contributed by atoms with Crippen LogP contribution >= 0.6 is 0 Å². The van der Waals surface area contributed by atoms with E-state index in [1.54, 1.807) is 10.9 Å². The van der Waals surface area contributed by atoms with Gasteiger partial charge in [0.05, 0.1) is 19.3 Å². The van der Waals surface area contributed by atoms with Crippen LogP contribution in [0.4, 0.5) is 5.95 Å². The van der Waals surface area contributed by atoms with E-state index in [0.717, 1.165) is 5.56 Å². The number of aromatic nitrogens is 4. The molecule has 3 aromatic rings. The summed E-state index contributed by atoms with van der Waals surface area (Å²) in [5.74, 6) is 0.641. The van der Waals surface area contributed by atoms with Crippen molar-refractivity contribution < 1.29 is 5.11 Å². The molecule has 0 saturated carbocycles. The van der Waals surface area contributed by atoms with Crippen molar-refractivity contribution in [2.24, 2.45) is 0 Å². The number of aliphatic hydroxyl groups is 1. The lowest BCUT2D eigenvalue weighted by molar-refractivity contribution is 0.307. The van der Waals surface area contributed by atoms with Crippen LogP contribution in [0.5, 0.6) is 0 Å². The molecule has 2 heterocycles. The zero-order valence-electron chi connectivity index (χ0n) is 11.4. The Balaban J connectivity index is 1.86. The van der Waals surface area contributed by atoms with Crippen molar-refractivity contribution in [3.8, 4) is 0 Å². The van der Waals surface area contributed by atoms with Gasteiger partial charge in [-0.3, -0.25) is 0 Å². The molecular weight excluding hydrogens is 268 g/mol. The Labute approximate surface area is 121 Å². The molecule has 0 radical (unpaired) electrons. The molecule has 3 rings (SSSR count). The summed E-state index contributed by atoms with van der Waals surface area (Å²) >= 11 is 0. The SMILES string of the molecule is OCCNn1c(NCc2ccccc2)nc2cncnc21. The highest BCUT2D eigenvalue weighted by molar-refractivity contribution is 5.73. The lowest BCUT2D eigenvalue weighted by Crippen LogP contribution is -2.21. The number of hydrogen-bond donors (Lipinski definition) is 3. The van der Waals surface area contributed by atoms with Gasteiger partial charge in [0, 0.05) is 6.54 Å². The average molecular weight is 284 g/mol. The molecular formula is C14H16N6O. The van der Waals surface area contributed by atoms with Gasteiger partial charge in [0.25, 0.3) is 0 Å². The van der Waals surface area contributed by atoms with Crippen molar-refractivity contribution in [2.75, 3.05) is 23.9 Å². The third-order valence-corrected chi connectivity index (χ3v) is 3.00. The van der Waals surface area contributed by atoms with E-state index >= 15 is 0 Å². The van der Waals surface area contributed by atoms with Crippen molar-refractivity contribution in [3.05, 3.63) is 48.4 Å². The van der Waals surface area contributed by atoms with Crippen LogP contribution in [0.3, 0.4) is 0 Å². The van der Waals surface area contributed by atoms with Gasteiger partial charge >= 0.3 is 0 Å². The summed E-state index contributed by atoms with van der Waals surface area (Å²) in [6.07, 6.45) is 3.13. The molecule has 108 valence electrons. The number of benzene rings is 1. The van der Waals surface area contributed by atoms with Gasteiger partial charge in [-0.1, -0.05) is 30.3 Å². The van der Waals surface area contributed by atoms with Crippen molar-refractivity contribution in [1.29, 1.82) is 0 Å². The molecule has 3 N–H and O–H groups in total.